The van der Waals surface area contributed by atoms with E-state index in [1.165, 1.54) is 5.56 Å². The SMILES string of the molecule is CN=C(NCCc1cccc(C(=O)NC)c1)NCC(C)COCc1ccccc1.I. The van der Waals surface area contributed by atoms with Gasteiger partial charge in [-0.05, 0) is 35.6 Å². The number of carbonyl (C=O) groups excluding carboxylic acids is 1. The number of amides is 1. The van der Waals surface area contributed by atoms with E-state index in [4.69, 9.17) is 4.74 Å². The topological polar surface area (TPSA) is 74.8 Å². The first-order valence-electron chi connectivity index (χ1n) is 9.99. The van der Waals surface area contributed by atoms with Gasteiger partial charge in [-0.15, -0.1) is 24.0 Å². The van der Waals surface area contributed by atoms with Crippen LogP contribution in [0, 0.1) is 5.92 Å². The Morgan fingerprint density at radius 2 is 1.80 bits per heavy atom. The molecular weight excluding hydrogens is 491 g/mol. The molecule has 0 fully saturated rings. The van der Waals surface area contributed by atoms with E-state index >= 15 is 0 Å². The normalized spacial score (nSPS) is 11.9. The van der Waals surface area contributed by atoms with Crippen molar-refractivity contribution < 1.29 is 9.53 Å². The number of nitrogens with one attached hydrogen (secondary N) is 3. The maximum absolute atomic E-state index is 11.7. The molecule has 0 saturated carbocycles. The van der Waals surface area contributed by atoms with Gasteiger partial charge < -0.3 is 20.7 Å². The Morgan fingerprint density at radius 3 is 2.50 bits per heavy atom. The van der Waals surface area contributed by atoms with Crippen LogP contribution >= 0.6 is 24.0 Å². The Bertz CT molecular complexity index is 784. The first-order chi connectivity index (χ1) is 14.1. The standard InChI is InChI=1S/C23H32N4O2.HI/c1-18(16-29-17-20-8-5-4-6-9-20)15-27-23(25-3)26-13-12-19-10-7-11-21(14-19)22(28)24-2;/h4-11,14,18H,12-13,15-17H2,1-3H3,(H,24,28)(H2,25,26,27);1H. The Kier molecular flexibility index (Phi) is 12.8. The zero-order valence-corrected chi connectivity index (χ0v) is 20.3. The summed E-state index contributed by atoms with van der Waals surface area (Å²) in [6, 6.07) is 17.9. The average Bonchev–Trinajstić information content (AvgIpc) is 2.76. The fourth-order valence-corrected chi connectivity index (χ4v) is 2.84. The van der Waals surface area contributed by atoms with Gasteiger partial charge in [0, 0.05) is 32.7 Å². The fraction of sp³-hybridized carbons (Fsp3) is 0.391. The number of hydrogen-bond donors (Lipinski definition) is 3. The van der Waals surface area contributed by atoms with Crippen LogP contribution in [-0.4, -0.2) is 45.7 Å². The zero-order valence-electron chi connectivity index (χ0n) is 18.0. The van der Waals surface area contributed by atoms with Gasteiger partial charge in [0.15, 0.2) is 5.96 Å². The molecule has 1 amide bonds. The van der Waals surface area contributed by atoms with Crippen LogP contribution in [0.15, 0.2) is 59.6 Å². The molecule has 6 nitrogen and oxygen atoms in total. The number of carbonyl (C=O) groups is 1. The van der Waals surface area contributed by atoms with E-state index < -0.39 is 0 Å². The monoisotopic (exact) mass is 524 g/mol. The molecule has 0 heterocycles. The van der Waals surface area contributed by atoms with Crippen molar-refractivity contribution in [1.82, 2.24) is 16.0 Å². The van der Waals surface area contributed by atoms with Crippen LogP contribution in [0.4, 0.5) is 0 Å². The van der Waals surface area contributed by atoms with Crippen LogP contribution in [0.2, 0.25) is 0 Å². The van der Waals surface area contributed by atoms with Crippen LogP contribution in [0.1, 0.15) is 28.4 Å². The Labute approximate surface area is 196 Å². The summed E-state index contributed by atoms with van der Waals surface area (Å²) in [5.41, 5.74) is 2.97. The van der Waals surface area contributed by atoms with Crippen LogP contribution in [0.3, 0.4) is 0 Å². The molecule has 0 aliphatic carbocycles. The molecule has 3 N–H and O–H groups in total. The van der Waals surface area contributed by atoms with Gasteiger partial charge >= 0.3 is 0 Å². The van der Waals surface area contributed by atoms with Gasteiger partial charge in [-0.3, -0.25) is 9.79 Å². The van der Waals surface area contributed by atoms with Gasteiger partial charge in [-0.1, -0.05) is 49.4 Å². The van der Waals surface area contributed by atoms with Gasteiger partial charge in [0.05, 0.1) is 13.2 Å². The second kappa shape index (κ2) is 14.8. The van der Waals surface area contributed by atoms with Gasteiger partial charge in [-0.25, -0.2) is 0 Å². The molecule has 7 heteroatoms. The van der Waals surface area contributed by atoms with E-state index in [0.717, 1.165) is 31.0 Å². The number of rotatable bonds is 10. The molecule has 1 unspecified atom stereocenters. The molecule has 1 atom stereocenters. The molecule has 2 aromatic carbocycles. The number of nitrogens with zero attached hydrogens (tertiary/aromatic N) is 1. The van der Waals surface area contributed by atoms with Crippen molar-refractivity contribution in [2.45, 2.75) is 20.0 Å². The number of hydrogen-bond acceptors (Lipinski definition) is 3. The second-order valence-corrected chi connectivity index (χ2v) is 7.02. The minimum Gasteiger partial charge on any atom is -0.376 e. The van der Waals surface area contributed by atoms with Crippen molar-refractivity contribution in [3.8, 4) is 0 Å². The van der Waals surface area contributed by atoms with Crippen molar-refractivity contribution in [2.24, 2.45) is 10.9 Å². The highest BCUT2D eigenvalue weighted by molar-refractivity contribution is 14.0. The van der Waals surface area contributed by atoms with Crippen molar-refractivity contribution in [1.29, 1.82) is 0 Å². The third kappa shape index (κ3) is 9.58. The van der Waals surface area contributed by atoms with Crippen molar-refractivity contribution in [3.05, 3.63) is 71.3 Å². The van der Waals surface area contributed by atoms with Gasteiger partial charge in [0.1, 0.15) is 0 Å². The minimum atomic E-state index is -0.0687. The smallest absolute Gasteiger partial charge is 0.251 e. The molecule has 0 radical (unpaired) electrons. The van der Waals surface area contributed by atoms with Gasteiger partial charge in [-0.2, -0.15) is 0 Å². The largest absolute Gasteiger partial charge is 0.376 e. The van der Waals surface area contributed by atoms with E-state index in [2.05, 4.69) is 40.0 Å². The highest BCUT2D eigenvalue weighted by Crippen LogP contribution is 2.06. The third-order valence-electron chi connectivity index (χ3n) is 4.48. The summed E-state index contributed by atoms with van der Waals surface area (Å²) in [5.74, 6) is 1.06. The Balaban J connectivity index is 0.00000450. The van der Waals surface area contributed by atoms with Crippen LogP contribution in [-0.2, 0) is 17.8 Å². The summed E-state index contributed by atoms with van der Waals surface area (Å²) in [7, 11) is 3.40. The lowest BCUT2D eigenvalue weighted by Gasteiger charge is -2.16. The molecule has 0 aliphatic heterocycles. The second-order valence-electron chi connectivity index (χ2n) is 7.02. The van der Waals surface area contributed by atoms with Crippen molar-refractivity contribution in [3.63, 3.8) is 0 Å². The number of benzene rings is 2. The lowest BCUT2D eigenvalue weighted by atomic mass is 10.1. The van der Waals surface area contributed by atoms with E-state index in [-0.39, 0.29) is 29.9 Å². The number of aliphatic imine (C=N–C) groups is 1. The van der Waals surface area contributed by atoms with Gasteiger partial charge in [0.2, 0.25) is 0 Å². The quantitative estimate of drug-likeness (QED) is 0.254. The summed E-state index contributed by atoms with van der Waals surface area (Å²) >= 11 is 0. The maximum atomic E-state index is 11.7. The number of guanidine groups is 1. The fourth-order valence-electron chi connectivity index (χ4n) is 2.84. The highest BCUT2D eigenvalue weighted by atomic mass is 127. The average molecular weight is 524 g/mol. The molecule has 164 valence electrons. The van der Waals surface area contributed by atoms with E-state index in [1.54, 1.807) is 14.1 Å². The molecule has 0 spiro atoms. The summed E-state index contributed by atoms with van der Waals surface area (Å²) in [6.45, 7) is 4.98. The molecule has 0 bridgehead atoms. The molecular formula is C23H33IN4O2. The van der Waals surface area contributed by atoms with E-state index in [1.807, 2.05) is 42.5 Å². The first kappa shape index (κ1) is 25.9. The summed E-state index contributed by atoms with van der Waals surface area (Å²) < 4.78 is 5.79. The highest BCUT2D eigenvalue weighted by Gasteiger charge is 2.06. The maximum Gasteiger partial charge on any atom is 0.251 e. The molecule has 30 heavy (non-hydrogen) atoms. The number of ether oxygens (including phenoxy) is 1. The third-order valence-corrected chi connectivity index (χ3v) is 4.48. The van der Waals surface area contributed by atoms with Crippen LogP contribution in [0.25, 0.3) is 0 Å². The molecule has 2 rings (SSSR count). The first-order valence-corrected chi connectivity index (χ1v) is 9.99. The molecule has 0 aromatic heterocycles. The van der Waals surface area contributed by atoms with Crippen molar-refractivity contribution >= 4 is 35.8 Å². The predicted octanol–water partition coefficient (Wildman–Crippen LogP) is 3.22. The lowest BCUT2D eigenvalue weighted by molar-refractivity contribution is 0.0931. The number of halogens is 1. The van der Waals surface area contributed by atoms with E-state index in [9.17, 15) is 4.79 Å². The predicted molar refractivity (Wildman–Crippen MR) is 134 cm³/mol. The van der Waals surface area contributed by atoms with Crippen molar-refractivity contribution in [2.75, 3.05) is 33.8 Å². The van der Waals surface area contributed by atoms with Crippen LogP contribution in [0.5, 0.6) is 0 Å². The Morgan fingerprint density at radius 1 is 1.07 bits per heavy atom. The molecule has 0 aliphatic rings. The summed E-state index contributed by atoms with van der Waals surface area (Å²) in [5, 5.41) is 9.30. The Hall–Kier alpha value is -2.13. The molecule has 0 saturated heterocycles. The summed E-state index contributed by atoms with van der Waals surface area (Å²) in [4.78, 5) is 16.0. The van der Waals surface area contributed by atoms with Crippen LogP contribution < -0.4 is 16.0 Å². The minimum absolute atomic E-state index is 0. The molecule has 2 aromatic rings. The lowest BCUT2D eigenvalue weighted by Crippen LogP contribution is -2.40. The van der Waals surface area contributed by atoms with Gasteiger partial charge in [0.25, 0.3) is 5.91 Å². The zero-order chi connectivity index (χ0) is 20.9. The van der Waals surface area contributed by atoms with E-state index in [0.29, 0.717) is 24.7 Å². The summed E-state index contributed by atoms with van der Waals surface area (Å²) in [6.07, 6.45) is 0.807.